The van der Waals surface area contributed by atoms with Crippen molar-refractivity contribution in [3.8, 4) is 5.75 Å². The lowest BCUT2D eigenvalue weighted by Gasteiger charge is -2.21. The number of hydrogen-bond acceptors (Lipinski definition) is 5. The van der Waals surface area contributed by atoms with Gasteiger partial charge in [0.15, 0.2) is 17.3 Å². The summed E-state index contributed by atoms with van der Waals surface area (Å²) in [6.07, 6.45) is -4.48. The maximum absolute atomic E-state index is 13.9. The molecule has 1 aliphatic rings. The van der Waals surface area contributed by atoms with E-state index in [4.69, 9.17) is 4.42 Å². The molecule has 34 heavy (non-hydrogen) atoms. The Hall–Kier alpha value is -2.99. The van der Waals surface area contributed by atoms with Crippen molar-refractivity contribution in [3.05, 3.63) is 59.7 Å². The average molecular weight is 503 g/mol. The van der Waals surface area contributed by atoms with Crippen LogP contribution in [0.5, 0.6) is 5.75 Å². The number of rotatable bonds is 7. The SMILES string of the molecule is O=C(CCc1ccc(OC(F)(F)F)c(F)c1)C1CCCN1S(=O)(=O)c1cc2cc(F)ccc2o1. The van der Waals surface area contributed by atoms with E-state index in [1.165, 1.54) is 18.2 Å². The van der Waals surface area contributed by atoms with E-state index < -0.39 is 50.7 Å². The van der Waals surface area contributed by atoms with Gasteiger partial charge in [-0.1, -0.05) is 6.07 Å². The number of carbonyl (C=O) groups excluding carboxylic acids is 1. The Bertz CT molecular complexity index is 1340. The van der Waals surface area contributed by atoms with E-state index in [9.17, 15) is 35.2 Å². The lowest BCUT2D eigenvalue weighted by atomic mass is 10.0. The van der Waals surface area contributed by atoms with Gasteiger partial charge >= 0.3 is 6.36 Å². The first-order valence-electron chi connectivity index (χ1n) is 10.2. The zero-order valence-electron chi connectivity index (χ0n) is 17.4. The van der Waals surface area contributed by atoms with Gasteiger partial charge in [0, 0.05) is 24.4 Å². The van der Waals surface area contributed by atoms with Crippen LogP contribution in [0, 0.1) is 11.6 Å². The van der Waals surface area contributed by atoms with E-state index in [0.717, 1.165) is 28.6 Å². The summed E-state index contributed by atoms with van der Waals surface area (Å²) >= 11 is 0. The van der Waals surface area contributed by atoms with Gasteiger partial charge in [0.25, 0.3) is 10.0 Å². The minimum Gasteiger partial charge on any atom is -0.443 e. The van der Waals surface area contributed by atoms with E-state index in [1.807, 2.05) is 0 Å². The minimum absolute atomic E-state index is 0.00362. The first kappa shape index (κ1) is 24.1. The van der Waals surface area contributed by atoms with Gasteiger partial charge in [0.2, 0.25) is 5.09 Å². The van der Waals surface area contributed by atoms with Crippen LogP contribution in [0.2, 0.25) is 0 Å². The summed E-state index contributed by atoms with van der Waals surface area (Å²) in [6, 6.07) is 6.66. The van der Waals surface area contributed by atoms with Crippen molar-refractivity contribution in [1.29, 1.82) is 0 Å². The number of sulfonamides is 1. The average Bonchev–Trinajstić information content (AvgIpc) is 3.40. The number of ketones is 1. The summed E-state index contributed by atoms with van der Waals surface area (Å²) in [5.41, 5.74) is 0.439. The summed E-state index contributed by atoms with van der Waals surface area (Å²) in [5.74, 6) is -3.19. The number of nitrogens with zero attached hydrogens (tertiary/aromatic N) is 1. The van der Waals surface area contributed by atoms with Gasteiger partial charge in [0.05, 0.1) is 6.04 Å². The van der Waals surface area contributed by atoms with Crippen molar-refractivity contribution in [3.63, 3.8) is 0 Å². The third kappa shape index (κ3) is 5.07. The van der Waals surface area contributed by atoms with Crippen molar-refractivity contribution in [1.82, 2.24) is 4.31 Å². The highest BCUT2D eigenvalue weighted by Crippen LogP contribution is 2.32. The Kier molecular flexibility index (Phi) is 6.38. The second kappa shape index (κ2) is 8.99. The normalized spacial score (nSPS) is 17.4. The molecule has 1 aromatic heterocycles. The molecule has 0 radical (unpaired) electrons. The molecule has 2 aromatic carbocycles. The maximum Gasteiger partial charge on any atom is 0.573 e. The highest BCUT2D eigenvalue weighted by molar-refractivity contribution is 7.89. The Morgan fingerprint density at radius 2 is 1.88 bits per heavy atom. The van der Waals surface area contributed by atoms with Crippen molar-refractivity contribution in [2.75, 3.05) is 6.54 Å². The molecule has 182 valence electrons. The van der Waals surface area contributed by atoms with Crippen LogP contribution in [0.4, 0.5) is 22.0 Å². The van der Waals surface area contributed by atoms with Gasteiger partial charge in [-0.15, -0.1) is 13.2 Å². The number of halogens is 5. The zero-order chi connectivity index (χ0) is 24.7. The first-order valence-corrected chi connectivity index (χ1v) is 11.7. The van der Waals surface area contributed by atoms with Crippen LogP contribution in [0.15, 0.2) is 52.0 Å². The highest BCUT2D eigenvalue weighted by atomic mass is 32.2. The van der Waals surface area contributed by atoms with Crippen molar-refractivity contribution in [2.24, 2.45) is 0 Å². The number of alkyl halides is 3. The fourth-order valence-corrected chi connectivity index (χ4v) is 5.55. The van der Waals surface area contributed by atoms with E-state index in [-0.39, 0.29) is 42.3 Å². The standard InChI is InChI=1S/C22H18F5NO5S/c23-15-5-8-19-14(11-15)12-21(32-19)34(30,31)28-9-1-2-17(28)18(29)6-3-13-4-7-20(16(24)10-13)33-22(25,26)27/h4-5,7-8,10-12,17H,1-3,6,9H2. The molecular weight excluding hydrogens is 485 g/mol. The summed E-state index contributed by atoms with van der Waals surface area (Å²) in [5, 5.41) is -0.143. The summed E-state index contributed by atoms with van der Waals surface area (Å²) in [4.78, 5) is 12.8. The number of furan rings is 1. The molecule has 1 atom stereocenters. The quantitative estimate of drug-likeness (QED) is 0.426. The number of benzene rings is 2. The minimum atomic E-state index is -5.04. The lowest BCUT2D eigenvalue weighted by molar-refractivity contribution is -0.275. The van der Waals surface area contributed by atoms with Crippen LogP contribution in [0.25, 0.3) is 11.0 Å². The Balaban J connectivity index is 1.46. The van der Waals surface area contributed by atoms with Crippen LogP contribution in [0.3, 0.4) is 0 Å². The molecule has 0 amide bonds. The predicted octanol–water partition coefficient (Wildman–Crippen LogP) is 4.96. The summed E-state index contributed by atoms with van der Waals surface area (Å²) in [6.45, 7) is 0.0856. The Morgan fingerprint density at radius 3 is 2.59 bits per heavy atom. The molecule has 0 saturated carbocycles. The van der Waals surface area contributed by atoms with Gasteiger partial charge in [-0.05, 0) is 55.2 Å². The van der Waals surface area contributed by atoms with Gasteiger partial charge in [-0.25, -0.2) is 17.2 Å². The van der Waals surface area contributed by atoms with Crippen LogP contribution in [-0.4, -0.2) is 37.5 Å². The third-order valence-corrected chi connectivity index (χ3v) is 7.24. The fraction of sp³-hybridized carbons (Fsp3) is 0.318. The Morgan fingerprint density at radius 1 is 1.12 bits per heavy atom. The summed E-state index contributed by atoms with van der Waals surface area (Å²) < 4.78 is 100. The lowest BCUT2D eigenvalue weighted by Crippen LogP contribution is -2.40. The van der Waals surface area contributed by atoms with Gasteiger partial charge in [0.1, 0.15) is 11.4 Å². The van der Waals surface area contributed by atoms with Crippen molar-refractivity contribution < 1.29 is 44.3 Å². The smallest absolute Gasteiger partial charge is 0.443 e. The monoisotopic (exact) mass is 503 g/mol. The van der Waals surface area contributed by atoms with Gasteiger partial charge in [-0.3, -0.25) is 4.79 Å². The van der Waals surface area contributed by atoms with E-state index in [1.54, 1.807) is 0 Å². The molecule has 0 N–H and O–H groups in total. The summed E-state index contributed by atoms with van der Waals surface area (Å²) in [7, 11) is -4.18. The fourth-order valence-electron chi connectivity index (χ4n) is 3.92. The Labute approximate surface area is 191 Å². The molecule has 0 bridgehead atoms. The van der Waals surface area contributed by atoms with Crippen LogP contribution in [0.1, 0.15) is 24.8 Å². The van der Waals surface area contributed by atoms with Crippen molar-refractivity contribution in [2.45, 2.75) is 43.2 Å². The third-order valence-electron chi connectivity index (χ3n) is 5.48. The molecule has 0 aliphatic carbocycles. The second-order valence-corrected chi connectivity index (χ2v) is 9.62. The predicted molar refractivity (Wildman–Crippen MR) is 109 cm³/mol. The first-order chi connectivity index (χ1) is 15.9. The largest absolute Gasteiger partial charge is 0.573 e. The molecule has 3 aromatic rings. The van der Waals surface area contributed by atoms with E-state index in [2.05, 4.69) is 4.74 Å². The second-order valence-electron chi connectivity index (χ2n) is 7.80. The molecule has 4 rings (SSSR count). The molecule has 1 fully saturated rings. The molecule has 6 nitrogen and oxygen atoms in total. The van der Waals surface area contributed by atoms with Gasteiger partial charge in [-0.2, -0.15) is 4.31 Å². The molecular formula is C22H18F5NO5S. The number of fused-ring (bicyclic) bond motifs is 1. The highest BCUT2D eigenvalue weighted by Gasteiger charge is 2.40. The molecule has 1 saturated heterocycles. The molecule has 0 spiro atoms. The zero-order valence-corrected chi connectivity index (χ0v) is 18.3. The topological polar surface area (TPSA) is 76.8 Å². The maximum atomic E-state index is 13.9. The number of aryl methyl sites for hydroxylation is 1. The number of hydrogen-bond donors (Lipinski definition) is 0. The molecule has 2 heterocycles. The van der Waals surface area contributed by atoms with Crippen LogP contribution in [-0.2, 0) is 21.2 Å². The van der Waals surface area contributed by atoms with Gasteiger partial charge < -0.3 is 9.15 Å². The van der Waals surface area contributed by atoms with Crippen LogP contribution < -0.4 is 4.74 Å². The van der Waals surface area contributed by atoms with Crippen molar-refractivity contribution >= 4 is 26.8 Å². The molecule has 1 aliphatic heterocycles. The number of carbonyl (C=O) groups is 1. The van der Waals surface area contributed by atoms with Crippen LogP contribution >= 0.6 is 0 Å². The molecule has 1 unspecified atom stereocenters. The molecule has 12 heteroatoms. The number of Topliss-reactive ketones (excluding diaryl/α,β-unsaturated/α-hetero) is 1. The number of ether oxygens (including phenoxy) is 1. The van der Waals surface area contributed by atoms with E-state index in [0.29, 0.717) is 6.42 Å². The van der Waals surface area contributed by atoms with E-state index >= 15 is 0 Å².